The molecule has 13 heteroatoms. The second-order valence-corrected chi connectivity index (χ2v) is 11.6. The maximum Gasteiger partial charge on any atom is 0.407 e. The third-order valence-electron chi connectivity index (χ3n) is 6.24. The van der Waals surface area contributed by atoms with Crippen LogP contribution < -0.4 is 32.3 Å². The largest absolute Gasteiger partial charge is 0.459 e. The van der Waals surface area contributed by atoms with Crippen LogP contribution >= 0.6 is 0 Å². The Balaban J connectivity index is 2.74. The summed E-state index contributed by atoms with van der Waals surface area (Å²) >= 11 is 0. The van der Waals surface area contributed by atoms with Crippen molar-refractivity contribution in [1.82, 2.24) is 26.6 Å². The minimum atomic E-state index is -0.957. The van der Waals surface area contributed by atoms with Crippen molar-refractivity contribution in [3.63, 3.8) is 0 Å². The molecule has 0 unspecified atom stereocenters. The van der Waals surface area contributed by atoms with Gasteiger partial charge in [0.25, 0.3) is 0 Å². The number of nitrogens with two attached hydrogens (primary N) is 1. The van der Waals surface area contributed by atoms with Crippen molar-refractivity contribution in [3.8, 4) is 0 Å². The van der Waals surface area contributed by atoms with E-state index >= 15 is 0 Å². The van der Waals surface area contributed by atoms with Crippen LogP contribution in [0.25, 0.3) is 0 Å². The molecule has 43 heavy (non-hydrogen) atoms. The normalized spacial score (nSPS) is 13.2. The van der Waals surface area contributed by atoms with E-state index in [-0.39, 0.29) is 24.9 Å². The van der Waals surface area contributed by atoms with Gasteiger partial charge in [0.05, 0.1) is 6.04 Å². The smallest absolute Gasteiger partial charge is 0.407 e. The van der Waals surface area contributed by atoms with Crippen molar-refractivity contribution in [2.24, 2.45) is 11.7 Å². The molecule has 1 rings (SSSR count). The third kappa shape index (κ3) is 16.4. The van der Waals surface area contributed by atoms with Crippen molar-refractivity contribution in [3.05, 3.63) is 35.9 Å². The first-order chi connectivity index (χ1) is 20.2. The summed E-state index contributed by atoms with van der Waals surface area (Å²) in [5.41, 5.74) is 6.35. The van der Waals surface area contributed by atoms with Gasteiger partial charge in [-0.25, -0.2) is 9.59 Å². The molecule has 1 aromatic carbocycles. The van der Waals surface area contributed by atoms with E-state index in [1.165, 1.54) is 0 Å². The molecule has 0 aliphatic rings. The van der Waals surface area contributed by atoms with Gasteiger partial charge in [-0.2, -0.15) is 0 Å². The molecule has 0 radical (unpaired) electrons. The summed E-state index contributed by atoms with van der Waals surface area (Å²) in [6.07, 6.45) is 1.70. The van der Waals surface area contributed by atoms with Gasteiger partial charge in [-0.1, -0.05) is 44.2 Å². The Bertz CT molecular complexity index is 1030. The van der Waals surface area contributed by atoms with Crippen molar-refractivity contribution in [1.29, 1.82) is 5.41 Å². The van der Waals surface area contributed by atoms with E-state index in [2.05, 4.69) is 26.6 Å². The molecule has 0 spiro atoms. The standard InChI is InChI=1S/C30H51N7O6/c1-20(2)24(27(40)42-19-21-13-8-7-9-14-21)37-26(39)23(16-12-18-34-28(32)33-6)36-25(38)22(31)15-10-11-17-35-29(41)43-30(3,4)5/h7-9,13-14,20,22-24H,10-12,15-19,31H2,1-6H3,(H,35,41)(H,36,38)(H,37,39)(H3,32,33,34)/t22-,23-,24+/m1/s1. The zero-order valence-corrected chi connectivity index (χ0v) is 26.4. The zero-order valence-electron chi connectivity index (χ0n) is 26.4. The molecule has 0 aliphatic carbocycles. The van der Waals surface area contributed by atoms with Gasteiger partial charge in [-0.3, -0.25) is 15.0 Å². The molecule has 242 valence electrons. The minimum Gasteiger partial charge on any atom is -0.459 e. The predicted molar refractivity (Wildman–Crippen MR) is 165 cm³/mol. The molecule has 0 fully saturated rings. The number of nitrogens with one attached hydrogen (secondary N) is 6. The van der Waals surface area contributed by atoms with Crippen molar-refractivity contribution in [2.75, 3.05) is 20.1 Å². The lowest BCUT2D eigenvalue weighted by Crippen LogP contribution is -2.55. The number of esters is 1. The summed E-state index contributed by atoms with van der Waals surface area (Å²) in [6.45, 7) is 9.77. The molecule has 0 bridgehead atoms. The molecule has 0 saturated carbocycles. The van der Waals surface area contributed by atoms with Gasteiger partial charge in [-0.15, -0.1) is 0 Å². The van der Waals surface area contributed by atoms with Crippen LogP contribution in [0.3, 0.4) is 0 Å². The highest BCUT2D eigenvalue weighted by Crippen LogP contribution is 2.10. The fourth-order valence-corrected chi connectivity index (χ4v) is 3.85. The molecule has 1 aromatic rings. The van der Waals surface area contributed by atoms with E-state index < -0.39 is 47.6 Å². The number of rotatable bonds is 17. The Morgan fingerprint density at radius 1 is 0.907 bits per heavy atom. The average molecular weight is 606 g/mol. The van der Waals surface area contributed by atoms with Crippen molar-refractivity contribution in [2.45, 2.75) is 97.1 Å². The summed E-state index contributed by atoms with van der Waals surface area (Å²) in [6, 6.07) is 6.48. The lowest BCUT2D eigenvalue weighted by molar-refractivity contribution is -0.150. The van der Waals surface area contributed by atoms with Gasteiger partial charge in [0.2, 0.25) is 11.8 Å². The van der Waals surface area contributed by atoms with Crippen LogP contribution in [0.1, 0.15) is 72.3 Å². The van der Waals surface area contributed by atoms with E-state index in [9.17, 15) is 19.2 Å². The summed E-state index contributed by atoms with van der Waals surface area (Å²) in [5, 5.41) is 21.3. The number of hydrogen-bond acceptors (Lipinski definition) is 8. The van der Waals surface area contributed by atoms with Gasteiger partial charge in [0.1, 0.15) is 24.3 Å². The number of guanidine groups is 1. The van der Waals surface area contributed by atoms with Crippen LogP contribution in [0.4, 0.5) is 4.79 Å². The van der Waals surface area contributed by atoms with Crippen LogP contribution in [0.2, 0.25) is 0 Å². The Hall–Kier alpha value is -3.87. The van der Waals surface area contributed by atoms with Crippen LogP contribution in [-0.4, -0.2) is 73.7 Å². The maximum atomic E-state index is 13.3. The quantitative estimate of drug-likeness (QED) is 0.0600. The van der Waals surface area contributed by atoms with E-state index in [0.717, 1.165) is 5.56 Å². The van der Waals surface area contributed by atoms with Crippen LogP contribution in [-0.2, 0) is 30.5 Å². The molecule has 0 heterocycles. The topological polar surface area (TPSA) is 197 Å². The Labute approximate surface area is 255 Å². The van der Waals surface area contributed by atoms with Gasteiger partial charge in [-0.05, 0) is 64.4 Å². The number of ether oxygens (including phenoxy) is 2. The maximum absolute atomic E-state index is 13.3. The number of amides is 3. The molecule has 3 amide bonds. The first-order valence-corrected chi connectivity index (χ1v) is 14.8. The van der Waals surface area contributed by atoms with Gasteiger partial charge >= 0.3 is 12.1 Å². The lowest BCUT2D eigenvalue weighted by atomic mass is 10.0. The van der Waals surface area contributed by atoms with Crippen LogP contribution in [0, 0.1) is 11.3 Å². The molecule has 0 aliphatic heterocycles. The van der Waals surface area contributed by atoms with Crippen molar-refractivity contribution < 1.29 is 28.7 Å². The molecular formula is C30H51N7O6. The number of hydrogen-bond donors (Lipinski definition) is 7. The monoisotopic (exact) mass is 605 g/mol. The van der Waals surface area contributed by atoms with Crippen LogP contribution in [0.5, 0.6) is 0 Å². The fourth-order valence-electron chi connectivity index (χ4n) is 3.85. The predicted octanol–water partition coefficient (Wildman–Crippen LogP) is 1.90. The number of carbonyl (C=O) groups excluding carboxylic acids is 4. The highest BCUT2D eigenvalue weighted by molar-refractivity contribution is 5.92. The number of benzene rings is 1. The van der Waals surface area contributed by atoms with E-state index in [4.69, 9.17) is 20.6 Å². The molecule has 3 atom stereocenters. The van der Waals surface area contributed by atoms with Crippen molar-refractivity contribution >= 4 is 29.8 Å². The summed E-state index contributed by atoms with van der Waals surface area (Å²) in [5.74, 6) is -1.73. The lowest BCUT2D eigenvalue weighted by Gasteiger charge is -2.25. The Kier molecular flexibility index (Phi) is 16.7. The summed E-state index contributed by atoms with van der Waals surface area (Å²) in [7, 11) is 1.61. The highest BCUT2D eigenvalue weighted by atomic mass is 16.6. The first-order valence-electron chi connectivity index (χ1n) is 14.8. The van der Waals surface area contributed by atoms with Gasteiger partial charge < -0.3 is 41.8 Å². The third-order valence-corrected chi connectivity index (χ3v) is 6.24. The Morgan fingerprint density at radius 3 is 2.16 bits per heavy atom. The average Bonchev–Trinajstić information content (AvgIpc) is 2.94. The van der Waals surface area contributed by atoms with E-state index in [1.54, 1.807) is 41.7 Å². The second-order valence-electron chi connectivity index (χ2n) is 11.6. The number of unbranched alkanes of at least 4 members (excludes halogenated alkanes) is 1. The Morgan fingerprint density at radius 2 is 1.56 bits per heavy atom. The molecule has 0 saturated heterocycles. The fraction of sp³-hybridized carbons (Fsp3) is 0.633. The SMILES string of the molecule is CNC(=N)NCCC[C@@H](NC(=O)[C@H](N)CCCCNC(=O)OC(C)(C)C)C(=O)N[C@H](C(=O)OCc1ccccc1)C(C)C. The minimum absolute atomic E-state index is 0.0736. The molecule has 0 aromatic heterocycles. The molecule has 13 nitrogen and oxygen atoms in total. The molecule has 8 N–H and O–H groups in total. The highest BCUT2D eigenvalue weighted by Gasteiger charge is 2.30. The number of alkyl carbamates (subject to hydrolysis) is 1. The summed E-state index contributed by atoms with van der Waals surface area (Å²) in [4.78, 5) is 50.9. The van der Waals surface area contributed by atoms with Gasteiger partial charge in [0, 0.05) is 20.1 Å². The second kappa shape index (κ2) is 19.3. The zero-order chi connectivity index (χ0) is 32.4. The van der Waals surface area contributed by atoms with Crippen LogP contribution in [0.15, 0.2) is 30.3 Å². The first kappa shape index (κ1) is 37.2. The summed E-state index contributed by atoms with van der Waals surface area (Å²) < 4.78 is 10.7. The molecular weight excluding hydrogens is 554 g/mol. The number of carbonyl (C=O) groups is 4. The van der Waals surface area contributed by atoms with E-state index in [0.29, 0.717) is 38.8 Å². The van der Waals surface area contributed by atoms with Gasteiger partial charge in [0.15, 0.2) is 5.96 Å². The van der Waals surface area contributed by atoms with E-state index in [1.807, 2.05) is 30.3 Å².